The third kappa shape index (κ3) is 2.72. The number of anilines is 1. The maximum atomic E-state index is 12.8. The second kappa shape index (κ2) is 5.40. The lowest BCUT2D eigenvalue weighted by molar-refractivity contribution is 0.374. The highest BCUT2D eigenvalue weighted by molar-refractivity contribution is 5.32. The Labute approximate surface area is 101 Å². The van der Waals surface area contributed by atoms with Crippen LogP contribution in [-0.4, -0.2) is 35.1 Å². The van der Waals surface area contributed by atoms with Gasteiger partial charge < -0.3 is 10.2 Å². The summed E-state index contributed by atoms with van der Waals surface area (Å²) in [6.45, 7) is 6.14. The zero-order chi connectivity index (χ0) is 12.3. The van der Waals surface area contributed by atoms with Crippen molar-refractivity contribution in [1.82, 2.24) is 15.3 Å². The van der Waals surface area contributed by atoms with Crippen LogP contribution in [0.25, 0.3) is 0 Å². The van der Waals surface area contributed by atoms with Gasteiger partial charge in [-0.15, -0.1) is 0 Å². The number of rotatable bonds is 3. The van der Waals surface area contributed by atoms with Crippen molar-refractivity contribution in [3.63, 3.8) is 0 Å². The van der Waals surface area contributed by atoms with Gasteiger partial charge in [-0.3, -0.25) is 0 Å². The Hall–Kier alpha value is -1.23. The fourth-order valence-corrected chi connectivity index (χ4v) is 2.20. The molecular formula is C12H19FN4. The molecule has 0 saturated carbocycles. The van der Waals surface area contributed by atoms with Crippen molar-refractivity contribution in [1.29, 1.82) is 0 Å². The summed E-state index contributed by atoms with van der Waals surface area (Å²) in [5.74, 6) is 0.252. The highest BCUT2D eigenvalue weighted by Gasteiger charge is 2.27. The summed E-state index contributed by atoms with van der Waals surface area (Å²) in [6, 6.07) is 0.856. The van der Waals surface area contributed by atoms with Crippen LogP contribution in [0.3, 0.4) is 0 Å². The molecule has 1 N–H and O–H groups in total. The van der Waals surface area contributed by atoms with Crippen LogP contribution in [0, 0.1) is 5.82 Å². The minimum Gasteiger partial charge on any atom is -0.335 e. The molecule has 1 fully saturated rings. The van der Waals surface area contributed by atoms with E-state index in [0.717, 1.165) is 25.9 Å². The molecule has 2 unspecified atom stereocenters. The van der Waals surface area contributed by atoms with E-state index in [-0.39, 0.29) is 5.82 Å². The topological polar surface area (TPSA) is 41.1 Å². The highest BCUT2D eigenvalue weighted by atomic mass is 19.1. The molecule has 1 aliphatic rings. The Morgan fingerprint density at radius 3 is 2.65 bits per heavy atom. The summed E-state index contributed by atoms with van der Waals surface area (Å²) in [6.07, 6.45) is 4.58. The van der Waals surface area contributed by atoms with Crippen LogP contribution in [0.15, 0.2) is 12.4 Å². The first-order valence-electron chi connectivity index (χ1n) is 6.22. The van der Waals surface area contributed by atoms with E-state index in [4.69, 9.17) is 0 Å². The van der Waals surface area contributed by atoms with Gasteiger partial charge in [-0.25, -0.2) is 14.4 Å². The van der Waals surface area contributed by atoms with Crippen LogP contribution in [0.5, 0.6) is 0 Å². The number of nitrogens with one attached hydrogen (secondary N) is 1. The van der Waals surface area contributed by atoms with Crippen LogP contribution in [0.2, 0.25) is 0 Å². The smallest absolute Gasteiger partial charge is 0.225 e. The van der Waals surface area contributed by atoms with Gasteiger partial charge in [0.2, 0.25) is 5.95 Å². The molecule has 0 spiro atoms. The Balaban J connectivity index is 2.17. The summed E-state index contributed by atoms with van der Waals surface area (Å²) < 4.78 is 12.8. The fraction of sp³-hybridized carbons (Fsp3) is 0.667. The van der Waals surface area contributed by atoms with E-state index in [1.165, 1.54) is 12.4 Å². The van der Waals surface area contributed by atoms with E-state index in [9.17, 15) is 4.39 Å². The van der Waals surface area contributed by atoms with Gasteiger partial charge >= 0.3 is 0 Å². The van der Waals surface area contributed by atoms with Crippen LogP contribution < -0.4 is 10.2 Å². The third-order valence-electron chi connectivity index (χ3n) is 3.33. The van der Waals surface area contributed by atoms with Gasteiger partial charge in [-0.1, -0.05) is 13.8 Å². The van der Waals surface area contributed by atoms with E-state index >= 15 is 0 Å². The summed E-state index contributed by atoms with van der Waals surface area (Å²) in [5.41, 5.74) is 0. The lowest BCUT2D eigenvalue weighted by Crippen LogP contribution is -2.56. The Morgan fingerprint density at radius 2 is 2.06 bits per heavy atom. The van der Waals surface area contributed by atoms with Gasteiger partial charge in [0.15, 0.2) is 5.82 Å². The standard InChI is InChI=1S/C12H19FN4/c1-3-10-8-17(11(4-2)7-14-10)12-15-5-9(13)6-16-12/h5-6,10-11,14H,3-4,7-8H2,1-2H3. The number of halogens is 1. The van der Waals surface area contributed by atoms with E-state index in [2.05, 4.69) is 34.0 Å². The Morgan fingerprint density at radius 1 is 1.35 bits per heavy atom. The van der Waals surface area contributed by atoms with Gasteiger partial charge in [0.05, 0.1) is 12.4 Å². The first-order chi connectivity index (χ1) is 8.24. The summed E-state index contributed by atoms with van der Waals surface area (Å²) in [7, 11) is 0. The molecule has 1 aliphatic heterocycles. The Kier molecular flexibility index (Phi) is 3.89. The molecular weight excluding hydrogens is 219 g/mol. The first kappa shape index (κ1) is 12.2. The van der Waals surface area contributed by atoms with Crippen LogP contribution in [0.1, 0.15) is 26.7 Å². The quantitative estimate of drug-likeness (QED) is 0.868. The molecule has 2 atom stereocenters. The second-order valence-corrected chi connectivity index (χ2v) is 4.43. The van der Waals surface area contributed by atoms with Crippen molar-refractivity contribution in [3.05, 3.63) is 18.2 Å². The maximum Gasteiger partial charge on any atom is 0.225 e. The minimum atomic E-state index is -0.385. The molecule has 17 heavy (non-hydrogen) atoms. The van der Waals surface area contributed by atoms with Crippen LogP contribution >= 0.6 is 0 Å². The molecule has 2 heterocycles. The van der Waals surface area contributed by atoms with Crippen molar-refractivity contribution in [2.75, 3.05) is 18.0 Å². The van der Waals surface area contributed by atoms with Gasteiger partial charge in [-0.2, -0.15) is 0 Å². The number of hydrogen-bond acceptors (Lipinski definition) is 4. The van der Waals surface area contributed by atoms with Crippen molar-refractivity contribution < 1.29 is 4.39 Å². The van der Waals surface area contributed by atoms with E-state index in [1.807, 2.05) is 0 Å². The molecule has 0 bridgehead atoms. The number of nitrogens with zero attached hydrogens (tertiary/aromatic N) is 3. The van der Waals surface area contributed by atoms with E-state index in [1.54, 1.807) is 0 Å². The van der Waals surface area contributed by atoms with Gasteiger partial charge in [-0.05, 0) is 12.8 Å². The Bertz CT molecular complexity index is 354. The summed E-state index contributed by atoms with van der Waals surface area (Å²) in [4.78, 5) is 10.3. The molecule has 0 aromatic carbocycles. The second-order valence-electron chi connectivity index (χ2n) is 4.43. The first-order valence-corrected chi connectivity index (χ1v) is 6.22. The molecule has 1 aromatic rings. The predicted octanol–water partition coefficient (Wildman–Crippen LogP) is 1.58. The normalized spacial score (nSPS) is 25.0. The molecule has 1 saturated heterocycles. The summed E-state index contributed by atoms with van der Waals surface area (Å²) >= 11 is 0. The van der Waals surface area contributed by atoms with Crippen molar-refractivity contribution >= 4 is 5.95 Å². The van der Waals surface area contributed by atoms with E-state index in [0.29, 0.717) is 18.0 Å². The lowest BCUT2D eigenvalue weighted by atomic mass is 10.1. The third-order valence-corrected chi connectivity index (χ3v) is 3.33. The monoisotopic (exact) mass is 238 g/mol. The SMILES string of the molecule is CCC1CN(c2ncc(F)cn2)C(CC)CN1. The van der Waals surface area contributed by atoms with E-state index < -0.39 is 0 Å². The number of piperazine rings is 1. The zero-order valence-electron chi connectivity index (χ0n) is 10.4. The molecule has 0 aliphatic carbocycles. The molecule has 0 radical (unpaired) electrons. The highest BCUT2D eigenvalue weighted by Crippen LogP contribution is 2.17. The average Bonchev–Trinajstić information content (AvgIpc) is 2.39. The summed E-state index contributed by atoms with van der Waals surface area (Å²) in [5, 5.41) is 3.51. The fourth-order valence-electron chi connectivity index (χ4n) is 2.20. The largest absolute Gasteiger partial charge is 0.335 e. The molecule has 2 rings (SSSR count). The van der Waals surface area contributed by atoms with Crippen LogP contribution in [-0.2, 0) is 0 Å². The van der Waals surface area contributed by atoms with Gasteiger partial charge in [0.1, 0.15) is 0 Å². The lowest BCUT2D eigenvalue weighted by Gasteiger charge is -2.39. The molecule has 0 amide bonds. The number of aromatic nitrogens is 2. The molecule has 4 nitrogen and oxygen atoms in total. The predicted molar refractivity (Wildman–Crippen MR) is 65.5 cm³/mol. The molecule has 1 aromatic heterocycles. The molecule has 5 heteroatoms. The average molecular weight is 238 g/mol. The molecule has 94 valence electrons. The van der Waals surface area contributed by atoms with Gasteiger partial charge in [0.25, 0.3) is 0 Å². The zero-order valence-corrected chi connectivity index (χ0v) is 10.4. The van der Waals surface area contributed by atoms with Crippen molar-refractivity contribution in [3.8, 4) is 0 Å². The minimum absolute atomic E-state index is 0.385. The van der Waals surface area contributed by atoms with Crippen molar-refractivity contribution in [2.24, 2.45) is 0 Å². The van der Waals surface area contributed by atoms with Crippen LogP contribution in [0.4, 0.5) is 10.3 Å². The van der Waals surface area contributed by atoms with Crippen molar-refractivity contribution in [2.45, 2.75) is 38.8 Å². The van der Waals surface area contributed by atoms with Gasteiger partial charge in [0, 0.05) is 25.2 Å². The maximum absolute atomic E-state index is 12.8. The number of hydrogen-bond donors (Lipinski definition) is 1.